The SMILES string of the molecule is CCN1CC(C)C(=O)N(c2ccc(F)cc2)C1=O. The second kappa shape index (κ2) is 4.76. The largest absolute Gasteiger partial charge is 0.331 e. The van der Waals surface area contributed by atoms with Crippen molar-refractivity contribution in [2.24, 2.45) is 5.92 Å². The maximum absolute atomic E-state index is 12.9. The van der Waals surface area contributed by atoms with Crippen molar-refractivity contribution in [1.29, 1.82) is 0 Å². The number of halogens is 1. The average Bonchev–Trinajstić information content (AvgIpc) is 2.36. The standard InChI is InChI=1S/C13H15FN2O2/c1-3-15-8-9(2)12(17)16(13(15)18)11-6-4-10(14)5-7-11/h4-7,9H,3,8H2,1-2H3. The lowest BCUT2D eigenvalue weighted by Crippen LogP contribution is -2.56. The number of imide groups is 1. The van der Waals surface area contributed by atoms with Gasteiger partial charge in [-0.15, -0.1) is 0 Å². The van der Waals surface area contributed by atoms with E-state index in [0.29, 0.717) is 18.8 Å². The van der Waals surface area contributed by atoms with Gasteiger partial charge in [-0.2, -0.15) is 0 Å². The number of carbonyl (C=O) groups excluding carboxylic acids is 2. The molecule has 2 rings (SSSR count). The van der Waals surface area contributed by atoms with Crippen molar-refractivity contribution in [3.63, 3.8) is 0 Å². The van der Waals surface area contributed by atoms with Crippen LogP contribution in [0, 0.1) is 11.7 Å². The Kier molecular flexibility index (Phi) is 3.32. The molecule has 0 radical (unpaired) electrons. The summed E-state index contributed by atoms with van der Waals surface area (Å²) in [4.78, 5) is 26.9. The van der Waals surface area contributed by atoms with Crippen LogP contribution >= 0.6 is 0 Å². The van der Waals surface area contributed by atoms with E-state index in [4.69, 9.17) is 0 Å². The Hall–Kier alpha value is -1.91. The molecule has 1 saturated heterocycles. The molecule has 4 nitrogen and oxygen atoms in total. The van der Waals surface area contributed by atoms with Crippen molar-refractivity contribution < 1.29 is 14.0 Å². The average molecular weight is 250 g/mol. The molecule has 96 valence electrons. The summed E-state index contributed by atoms with van der Waals surface area (Å²) < 4.78 is 12.9. The zero-order valence-corrected chi connectivity index (χ0v) is 10.4. The zero-order valence-electron chi connectivity index (χ0n) is 10.4. The minimum Gasteiger partial charge on any atom is -0.323 e. The third-order valence-corrected chi connectivity index (χ3v) is 3.06. The van der Waals surface area contributed by atoms with Crippen molar-refractivity contribution in [2.45, 2.75) is 13.8 Å². The number of nitrogens with zero attached hydrogens (tertiary/aromatic N) is 2. The lowest BCUT2D eigenvalue weighted by atomic mass is 10.1. The van der Waals surface area contributed by atoms with Crippen LogP contribution in [0.5, 0.6) is 0 Å². The van der Waals surface area contributed by atoms with Gasteiger partial charge in [-0.3, -0.25) is 4.79 Å². The van der Waals surface area contributed by atoms with Crippen molar-refractivity contribution in [1.82, 2.24) is 4.90 Å². The van der Waals surface area contributed by atoms with E-state index >= 15 is 0 Å². The highest BCUT2D eigenvalue weighted by Gasteiger charge is 2.36. The molecule has 1 heterocycles. The van der Waals surface area contributed by atoms with Crippen LogP contribution in [0.3, 0.4) is 0 Å². The van der Waals surface area contributed by atoms with Crippen molar-refractivity contribution in [2.75, 3.05) is 18.0 Å². The molecule has 1 aromatic carbocycles. The summed E-state index contributed by atoms with van der Waals surface area (Å²) in [5.41, 5.74) is 0.413. The zero-order chi connectivity index (χ0) is 13.3. The third-order valence-electron chi connectivity index (χ3n) is 3.06. The van der Waals surface area contributed by atoms with Crippen LogP contribution in [0.4, 0.5) is 14.9 Å². The molecule has 0 bridgehead atoms. The van der Waals surface area contributed by atoms with Crippen LogP contribution in [0.15, 0.2) is 24.3 Å². The van der Waals surface area contributed by atoms with Crippen molar-refractivity contribution in [3.8, 4) is 0 Å². The molecular weight excluding hydrogens is 235 g/mol. The predicted octanol–water partition coefficient (Wildman–Crippen LogP) is 2.25. The van der Waals surface area contributed by atoms with Crippen LogP contribution in [-0.2, 0) is 4.79 Å². The Bertz CT molecular complexity index is 472. The first-order valence-electron chi connectivity index (χ1n) is 5.93. The highest BCUT2D eigenvalue weighted by atomic mass is 19.1. The monoisotopic (exact) mass is 250 g/mol. The Morgan fingerprint density at radius 1 is 1.28 bits per heavy atom. The van der Waals surface area contributed by atoms with Crippen LogP contribution in [0.25, 0.3) is 0 Å². The normalized spacial score (nSPS) is 20.5. The third kappa shape index (κ3) is 2.08. The van der Waals surface area contributed by atoms with Gasteiger partial charge in [0.05, 0.1) is 11.6 Å². The molecule has 18 heavy (non-hydrogen) atoms. The van der Waals surface area contributed by atoms with Crippen molar-refractivity contribution in [3.05, 3.63) is 30.1 Å². The van der Waals surface area contributed by atoms with E-state index in [1.807, 2.05) is 6.92 Å². The van der Waals surface area contributed by atoms with Gasteiger partial charge in [0.15, 0.2) is 0 Å². The van der Waals surface area contributed by atoms with Crippen molar-refractivity contribution >= 4 is 17.6 Å². The molecule has 1 unspecified atom stereocenters. The molecule has 0 spiro atoms. The van der Waals surface area contributed by atoms with Gasteiger partial charge < -0.3 is 4.90 Å². The van der Waals surface area contributed by atoms with Gasteiger partial charge in [0.2, 0.25) is 5.91 Å². The van der Waals surface area contributed by atoms with E-state index < -0.39 is 5.82 Å². The van der Waals surface area contributed by atoms with Gasteiger partial charge in [0.1, 0.15) is 5.82 Å². The molecular formula is C13H15FN2O2. The first-order valence-corrected chi connectivity index (χ1v) is 5.93. The summed E-state index contributed by atoms with van der Waals surface area (Å²) in [6.45, 7) is 4.64. The number of rotatable bonds is 2. The molecule has 3 amide bonds. The minimum atomic E-state index is -0.393. The second-order valence-corrected chi connectivity index (χ2v) is 4.37. The summed E-state index contributed by atoms with van der Waals surface area (Å²) in [7, 11) is 0. The first kappa shape index (κ1) is 12.5. The van der Waals surface area contributed by atoms with E-state index in [-0.39, 0.29) is 17.9 Å². The summed E-state index contributed by atoms with van der Waals surface area (Å²) in [5.74, 6) is -0.875. The van der Waals surface area contributed by atoms with Gasteiger partial charge in [-0.25, -0.2) is 14.1 Å². The highest BCUT2D eigenvalue weighted by molar-refractivity contribution is 6.16. The van der Waals surface area contributed by atoms with Gasteiger partial charge in [0, 0.05) is 13.1 Å². The maximum atomic E-state index is 12.9. The van der Waals surface area contributed by atoms with Crippen LogP contribution in [-0.4, -0.2) is 29.9 Å². The number of hydrogen-bond acceptors (Lipinski definition) is 2. The summed E-state index contributed by atoms with van der Waals surface area (Å²) >= 11 is 0. The van der Waals surface area contributed by atoms with Gasteiger partial charge in [0.25, 0.3) is 0 Å². The Balaban J connectivity index is 2.36. The number of benzene rings is 1. The number of hydrogen-bond donors (Lipinski definition) is 0. The topological polar surface area (TPSA) is 40.6 Å². The molecule has 0 saturated carbocycles. The second-order valence-electron chi connectivity index (χ2n) is 4.37. The fraction of sp³-hybridized carbons (Fsp3) is 0.385. The molecule has 1 atom stereocenters. The molecule has 0 aliphatic carbocycles. The predicted molar refractivity (Wildman–Crippen MR) is 65.7 cm³/mol. The smallest absolute Gasteiger partial charge is 0.323 e. The minimum absolute atomic E-state index is 0.240. The van der Waals surface area contributed by atoms with Gasteiger partial charge >= 0.3 is 6.03 Å². The van der Waals surface area contributed by atoms with E-state index in [1.54, 1.807) is 11.8 Å². The molecule has 1 aliphatic rings. The lowest BCUT2D eigenvalue weighted by Gasteiger charge is -2.36. The number of carbonyl (C=O) groups is 2. The molecule has 0 N–H and O–H groups in total. The summed E-state index contributed by atoms with van der Waals surface area (Å²) in [6.07, 6.45) is 0. The molecule has 1 fully saturated rings. The fourth-order valence-corrected chi connectivity index (χ4v) is 2.04. The number of urea groups is 1. The molecule has 1 aromatic rings. The first-order chi connectivity index (χ1) is 8.54. The molecule has 0 aromatic heterocycles. The Morgan fingerprint density at radius 2 is 1.89 bits per heavy atom. The quantitative estimate of drug-likeness (QED) is 0.807. The maximum Gasteiger partial charge on any atom is 0.331 e. The van der Waals surface area contributed by atoms with Gasteiger partial charge in [-0.1, -0.05) is 6.92 Å². The molecule has 5 heteroatoms. The highest BCUT2D eigenvalue weighted by Crippen LogP contribution is 2.23. The van der Waals surface area contributed by atoms with Crippen LogP contribution < -0.4 is 4.90 Å². The van der Waals surface area contributed by atoms with Crippen LogP contribution in [0.2, 0.25) is 0 Å². The van der Waals surface area contributed by atoms with Crippen LogP contribution in [0.1, 0.15) is 13.8 Å². The number of anilines is 1. The molecule has 1 aliphatic heterocycles. The summed E-state index contributed by atoms with van der Waals surface area (Å²) in [5, 5.41) is 0. The van der Waals surface area contributed by atoms with E-state index in [9.17, 15) is 14.0 Å². The van der Waals surface area contributed by atoms with E-state index in [2.05, 4.69) is 0 Å². The van der Waals surface area contributed by atoms with E-state index in [0.717, 1.165) is 4.90 Å². The van der Waals surface area contributed by atoms with Gasteiger partial charge in [-0.05, 0) is 31.2 Å². The van der Waals surface area contributed by atoms with E-state index in [1.165, 1.54) is 24.3 Å². The number of amides is 3. The Morgan fingerprint density at radius 3 is 2.44 bits per heavy atom. The fourth-order valence-electron chi connectivity index (χ4n) is 2.04. The lowest BCUT2D eigenvalue weighted by molar-refractivity contribution is -0.122. The Labute approximate surface area is 105 Å². The summed E-state index contributed by atoms with van der Waals surface area (Å²) in [6, 6.07) is 5.03.